The van der Waals surface area contributed by atoms with Crippen LogP contribution in [0.1, 0.15) is 40.5 Å². The second-order valence-electron chi connectivity index (χ2n) is 6.51. The monoisotopic (exact) mass is 259 g/mol. The maximum Gasteiger partial charge on any atom is 0.0638 e. The fourth-order valence-electron chi connectivity index (χ4n) is 1.61. The molecule has 0 unspecified atom stereocenters. The van der Waals surface area contributed by atoms with Crippen LogP contribution in [0.25, 0.3) is 0 Å². The molecule has 0 radical (unpaired) electrons. The first-order valence-corrected chi connectivity index (χ1v) is 6.80. The van der Waals surface area contributed by atoms with Crippen molar-refractivity contribution in [2.75, 3.05) is 41.3 Å². The van der Waals surface area contributed by atoms with Crippen LogP contribution in [0.3, 0.4) is 0 Å². The van der Waals surface area contributed by atoms with Gasteiger partial charge < -0.3 is 9.64 Å². The summed E-state index contributed by atoms with van der Waals surface area (Å²) >= 11 is 0. The highest BCUT2D eigenvalue weighted by Crippen LogP contribution is 2.19. The van der Waals surface area contributed by atoms with Gasteiger partial charge in [0.1, 0.15) is 0 Å². The van der Waals surface area contributed by atoms with E-state index in [1.165, 1.54) is 0 Å². The van der Waals surface area contributed by atoms with Gasteiger partial charge in [0.05, 0.1) is 5.60 Å². The second kappa shape index (κ2) is 7.43. The molecule has 0 aromatic rings. The van der Waals surface area contributed by atoms with Crippen LogP contribution in [0, 0.1) is 0 Å². The molecular formula is C14H33N3O. The highest BCUT2D eigenvalue weighted by Gasteiger charge is 2.24. The van der Waals surface area contributed by atoms with Gasteiger partial charge in [-0.25, -0.2) is 5.01 Å². The van der Waals surface area contributed by atoms with Gasteiger partial charge in [-0.2, -0.15) is 0 Å². The summed E-state index contributed by atoms with van der Waals surface area (Å²) in [6.07, 6.45) is 2.07. The van der Waals surface area contributed by atoms with Crippen molar-refractivity contribution >= 4 is 0 Å². The lowest BCUT2D eigenvalue weighted by atomic mass is 10.00. The van der Waals surface area contributed by atoms with Gasteiger partial charge in [0.15, 0.2) is 0 Å². The highest BCUT2D eigenvalue weighted by atomic mass is 16.5. The summed E-state index contributed by atoms with van der Waals surface area (Å²) in [5.74, 6) is 0. The molecule has 0 aliphatic rings. The van der Waals surface area contributed by atoms with Crippen molar-refractivity contribution in [2.45, 2.75) is 51.7 Å². The maximum absolute atomic E-state index is 6.03. The minimum Gasteiger partial charge on any atom is -0.375 e. The molecule has 0 aromatic carbocycles. The quantitative estimate of drug-likeness (QED) is 0.641. The third-order valence-electron chi connectivity index (χ3n) is 3.61. The number of hydrazine groups is 1. The molecule has 4 nitrogen and oxygen atoms in total. The summed E-state index contributed by atoms with van der Waals surface area (Å²) in [7, 11) is 8.21. The van der Waals surface area contributed by atoms with E-state index >= 15 is 0 Å². The SMILES string of the molecule is CNN(C)C(C)(C)CCOC(C)(C)CCN(C)C. The Kier molecular flexibility index (Phi) is 7.37. The minimum absolute atomic E-state index is 0.0431. The van der Waals surface area contributed by atoms with E-state index in [1.807, 2.05) is 7.05 Å². The van der Waals surface area contributed by atoms with Crippen molar-refractivity contribution in [1.82, 2.24) is 15.3 Å². The zero-order valence-electron chi connectivity index (χ0n) is 13.6. The molecular weight excluding hydrogens is 226 g/mol. The third kappa shape index (κ3) is 7.31. The van der Waals surface area contributed by atoms with Gasteiger partial charge >= 0.3 is 0 Å². The van der Waals surface area contributed by atoms with E-state index in [0.717, 1.165) is 26.0 Å². The average molecular weight is 259 g/mol. The molecule has 18 heavy (non-hydrogen) atoms. The Labute approximate surface area is 114 Å². The summed E-state index contributed by atoms with van der Waals surface area (Å²) in [6.45, 7) is 10.6. The Morgan fingerprint density at radius 2 is 1.56 bits per heavy atom. The largest absolute Gasteiger partial charge is 0.375 e. The first-order chi connectivity index (χ1) is 8.10. The Hall–Kier alpha value is -0.160. The molecule has 0 amide bonds. The predicted octanol–water partition coefficient (Wildman–Crippen LogP) is 1.97. The van der Waals surface area contributed by atoms with Gasteiger partial charge in [0.2, 0.25) is 0 Å². The van der Waals surface area contributed by atoms with Crippen LogP contribution in [0.2, 0.25) is 0 Å². The summed E-state index contributed by atoms with van der Waals surface area (Å²) in [5, 5.41) is 2.13. The van der Waals surface area contributed by atoms with Crippen molar-refractivity contribution in [3.63, 3.8) is 0 Å². The van der Waals surface area contributed by atoms with Crippen molar-refractivity contribution < 1.29 is 4.74 Å². The van der Waals surface area contributed by atoms with Gasteiger partial charge in [-0.05, 0) is 61.7 Å². The van der Waals surface area contributed by atoms with Gasteiger partial charge in [-0.1, -0.05) is 0 Å². The highest BCUT2D eigenvalue weighted by molar-refractivity contribution is 4.77. The van der Waals surface area contributed by atoms with E-state index in [0.29, 0.717) is 0 Å². The topological polar surface area (TPSA) is 27.7 Å². The molecule has 4 heteroatoms. The summed E-state index contributed by atoms with van der Waals surface area (Å²) in [5.41, 5.74) is 3.22. The molecule has 0 bridgehead atoms. The second-order valence-corrected chi connectivity index (χ2v) is 6.51. The predicted molar refractivity (Wildman–Crippen MR) is 78.7 cm³/mol. The average Bonchev–Trinajstić information content (AvgIpc) is 2.24. The van der Waals surface area contributed by atoms with Crippen molar-refractivity contribution in [3.05, 3.63) is 0 Å². The van der Waals surface area contributed by atoms with E-state index in [2.05, 4.69) is 64.2 Å². The fourth-order valence-corrected chi connectivity index (χ4v) is 1.61. The number of hydrogen-bond acceptors (Lipinski definition) is 4. The summed E-state index contributed by atoms with van der Waals surface area (Å²) in [6, 6.07) is 0. The smallest absolute Gasteiger partial charge is 0.0638 e. The number of ether oxygens (including phenoxy) is 1. The molecule has 0 heterocycles. The molecule has 110 valence electrons. The first kappa shape index (κ1) is 17.8. The lowest BCUT2D eigenvalue weighted by molar-refractivity contribution is -0.0452. The van der Waals surface area contributed by atoms with E-state index < -0.39 is 0 Å². The van der Waals surface area contributed by atoms with Crippen LogP contribution >= 0.6 is 0 Å². The van der Waals surface area contributed by atoms with Crippen molar-refractivity contribution in [2.24, 2.45) is 0 Å². The molecule has 0 fully saturated rings. The van der Waals surface area contributed by atoms with Crippen molar-refractivity contribution in [1.29, 1.82) is 0 Å². The normalized spacial score (nSPS) is 13.7. The van der Waals surface area contributed by atoms with E-state index in [-0.39, 0.29) is 11.1 Å². The van der Waals surface area contributed by atoms with Crippen LogP contribution in [-0.4, -0.2) is 62.4 Å². The molecule has 1 N–H and O–H groups in total. The Balaban J connectivity index is 4.02. The van der Waals surface area contributed by atoms with Gasteiger partial charge in [-0.3, -0.25) is 5.43 Å². The van der Waals surface area contributed by atoms with E-state index in [1.54, 1.807) is 0 Å². The number of nitrogens with zero attached hydrogens (tertiary/aromatic N) is 2. The zero-order valence-corrected chi connectivity index (χ0v) is 13.6. The number of nitrogens with one attached hydrogen (secondary N) is 1. The first-order valence-electron chi connectivity index (χ1n) is 6.80. The van der Waals surface area contributed by atoms with Gasteiger partial charge in [0.25, 0.3) is 0 Å². The molecule has 0 saturated carbocycles. The standard InChI is InChI=1S/C14H33N3O/c1-13(2,17(8)15-5)10-12-18-14(3,4)9-11-16(6)7/h15H,9-12H2,1-8H3. The Morgan fingerprint density at radius 3 is 2.00 bits per heavy atom. The van der Waals surface area contributed by atoms with Crippen LogP contribution in [0.5, 0.6) is 0 Å². The van der Waals surface area contributed by atoms with E-state index in [4.69, 9.17) is 4.74 Å². The van der Waals surface area contributed by atoms with Crippen LogP contribution < -0.4 is 5.43 Å². The van der Waals surface area contributed by atoms with Gasteiger partial charge in [-0.15, -0.1) is 0 Å². The Morgan fingerprint density at radius 1 is 1.00 bits per heavy atom. The molecule has 0 aromatic heterocycles. The third-order valence-corrected chi connectivity index (χ3v) is 3.61. The molecule has 0 rings (SSSR count). The lowest BCUT2D eigenvalue weighted by Gasteiger charge is -2.36. The van der Waals surface area contributed by atoms with Crippen molar-refractivity contribution in [3.8, 4) is 0 Å². The Bertz CT molecular complexity index is 227. The van der Waals surface area contributed by atoms with Crippen LogP contribution in [0.4, 0.5) is 0 Å². The lowest BCUT2D eigenvalue weighted by Crippen LogP contribution is -2.48. The fraction of sp³-hybridized carbons (Fsp3) is 1.00. The molecule has 0 saturated heterocycles. The van der Waals surface area contributed by atoms with Gasteiger partial charge in [0, 0.05) is 25.7 Å². The minimum atomic E-state index is -0.0431. The molecule has 0 atom stereocenters. The molecule has 0 aliphatic heterocycles. The number of hydrogen-bond donors (Lipinski definition) is 1. The van der Waals surface area contributed by atoms with E-state index in [9.17, 15) is 0 Å². The maximum atomic E-state index is 6.03. The van der Waals surface area contributed by atoms with Crippen LogP contribution in [-0.2, 0) is 4.74 Å². The zero-order chi connectivity index (χ0) is 14.4. The van der Waals surface area contributed by atoms with Crippen LogP contribution in [0.15, 0.2) is 0 Å². The molecule has 0 aliphatic carbocycles. The molecule has 0 spiro atoms. The summed E-state index contributed by atoms with van der Waals surface area (Å²) < 4.78 is 6.03. The summed E-state index contributed by atoms with van der Waals surface area (Å²) in [4.78, 5) is 2.20. The number of rotatable bonds is 9.